The van der Waals surface area contributed by atoms with Crippen molar-refractivity contribution in [2.24, 2.45) is 0 Å². The Balaban J connectivity index is 1.84. The Kier molecular flexibility index (Phi) is 3.59. The second kappa shape index (κ2) is 6.12. The third-order valence-corrected chi connectivity index (χ3v) is 6.44. The van der Waals surface area contributed by atoms with Crippen LogP contribution in [-0.2, 0) is 12.0 Å². The molecule has 0 saturated carbocycles. The van der Waals surface area contributed by atoms with Crippen molar-refractivity contribution in [2.45, 2.75) is 39.2 Å². The standard InChI is InChI=1S/C28H26N2/c1-28(2,3)30-25-17-9-6-13-21(25)22-14-10-18-26(27(22)30)29-23-15-7-4-11-19(23)20-12-5-8-16-24(20)29/h4,6-11,13-18H,5,12H2,1-3H3. The minimum atomic E-state index is -0.0314. The summed E-state index contributed by atoms with van der Waals surface area (Å²) in [7, 11) is 0. The van der Waals surface area contributed by atoms with Crippen LogP contribution in [0, 0.1) is 0 Å². The van der Waals surface area contributed by atoms with Gasteiger partial charge in [-0.2, -0.15) is 0 Å². The Morgan fingerprint density at radius 1 is 0.733 bits per heavy atom. The molecule has 2 aromatic heterocycles. The molecule has 0 N–H and O–H groups in total. The van der Waals surface area contributed by atoms with Gasteiger partial charge in [-0.1, -0.05) is 54.6 Å². The summed E-state index contributed by atoms with van der Waals surface area (Å²) in [6.45, 7) is 6.91. The average molecular weight is 391 g/mol. The Morgan fingerprint density at radius 2 is 1.43 bits per heavy atom. The van der Waals surface area contributed by atoms with E-state index in [1.54, 1.807) is 0 Å². The highest BCUT2D eigenvalue weighted by atomic mass is 15.1. The lowest BCUT2D eigenvalue weighted by molar-refractivity contribution is 0.423. The second-order valence-electron chi connectivity index (χ2n) is 9.35. The second-order valence-corrected chi connectivity index (χ2v) is 9.35. The van der Waals surface area contributed by atoms with E-state index in [2.05, 4.69) is 109 Å². The molecule has 0 unspecified atom stereocenters. The molecule has 2 nitrogen and oxygen atoms in total. The number of fused-ring (bicyclic) bond motifs is 6. The van der Waals surface area contributed by atoms with Crippen LogP contribution in [0.4, 0.5) is 0 Å². The van der Waals surface area contributed by atoms with Crippen LogP contribution in [0.5, 0.6) is 0 Å². The number of nitrogens with zero attached hydrogens (tertiary/aromatic N) is 2. The Bertz CT molecular complexity index is 1470. The molecule has 3 aromatic carbocycles. The van der Waals surface area contributed by atoms with Gasteiger partial charge in [0.2, 0.25) is 0 Å². The summed E-state index contributed by atoms with van der Waals surface area (Å²) >= 11 is 0. The van der Waals surface area contributed by atoms with Gasteiger partial charge in [0.1, 0.15) is 0 Å². The molecule has 0 spiro atoms. The maximum absolute atomic E-state index is 2.53. The minimum Gasteiger partial charge on any atom is -0.333 e. The molecule has 2 heteroatoms. The molecular weight excluding hydrogens is 364 g/mol. The normalized spacial score (nSPS) is 14.1. The highest BCUT2D eigenvalue weighted by Gasteiger charge is 2.25. The lowest BCUT2D eigenvalue weighted by Gasteiger charge is -2.26. The van der Waals surface area contributed by atoms with Crippen LogP contribution < -0.4 is 0 Å². The highest BCUT2D eigenvalue weighted by molar-refractivity contribution is 6.11. The largest absolute Gasteiger partial charge is 0.333 e. The topological polar surface area (TPSA) is 9.86 Å². The van der Waals surface area contributed by atoms with Gasteiger partial charge in [-0.3, -0.25) is 0 Å². The van der Waals surface area contributed by atoms with Gasteiger partial charge in [-0.15, -0.1) is 0 Å². The van der Waals surface area contributed by atoms with Gasteiger partial charge in [0.15, 0.2) is 0 Å². The van der Waals surface area contributed by atoms with E-state index < -0.39 is 0 Å². The summed E-state index contributed by atoms with van der Waals surface area (Å²) in [5, 5.41) is 4.03. The molecule has 0 radical (unpaired) electrons. The summed E-state index contributed by atoms with van der Waals surface area (Å²) in [5.41, 5.74) is 7.96. The third kappa shape index (κ3) is 2.31. The molecule has 0 bridgehead atoms. The molecule has 148 valence electrons. The molecular formula is C28H26N2. The average Bonchev–Trinajstić information content (AvgIpc) is 3.27. The van der Waals surface area contributed by atoms with E-state index in [0.717, 1.165) is 12.8 Å². The van der Waals surface area contributed by atoms with Crippen LogP contribution >= 0.6 is 0 Å². The Morgan fingerprint density at radius 3 is 2.23 bits per heavy atom. The first kappa shape index (κ1) is 17.6. The first-order valence-electron chi connectivity index (χ1n) is 10.9. The number of hydrogen-bond donors (Lipinski definition) is 0. The van der Waals surface area contributed by atoms with Gasteiger partial charge in [-0.25, -0.2) is 0 Å². The van der Waals surface area contributed by atoms with Crippen molar-refractivity contribution in [1.29, 1.82) is 0 Å². The SMILES string of the molecule is CC(C)(C)n1c2ccccc2c2cccc(-n3c4c(c5ccccc53)CCC=C4)c21. The lowest BCUT2D eigenvalue weighted by atomic mass is 10.0. The number of aromatic nitrogens is 2. The Hall–Kier alpha value is -3.26. The van der Waals surface area contributed by atoms with E-state index in [1.165, 1.54) is 49.7 Å². The molecule has 30 heavy (non-hydrogen) atoms. The van der Waals surface area contributed by atoms with Crippen molar-refractivity contribution in [2.75, 3.05) is 0 Å². The zero-order chi connectivity index (χ0) is 20.5. The van der Waals surface area contributed by atoms with Gasteiger partial charge in [0.05, 0.1) is 16.7 Å². The fraction of sp³-hybridized carbons (Fsp3) is 0.214. The summed E-state index contributed by atoms with van der Waals surface area (Å²) in [5.74, 6) is 0. The van der Waals surface area contributed by atoms with Crippen molar-refractivity contribution in [3.05, 3.63) is 84.1 Å². The number of allylic oxidation sites excluding steroid dienone is 1. The summed E-state index contributed by atoms with van der Waals surface area (Å²) < 4.78 is 5.02. The molecule has 0 fully saturated rings. The number of rotatable bonds is 1. The number of para-hydroxylation sites is 3. The van der Waals surface area contributed by atoms with Gasteiger partial charge in [0.25, 0.3) is 0 Å². The van der Waals surface area contributed by atoms with Crippen LogP contribution in [0.2, 0.25) is 0 Å². The van der Waals surface area contributed by atoms with Crippen molar-refractivity contribution < 1.29 is 0 Å². The number of aryl methyl sites for hydroxylation is 1. The molecule has 0 amide bonds. The monoisotopic (exact) mass is 390 g/mol. The minimum absolute atomic E-state index is 0.0314. The lowest BCUT2D eigenvalue weighted by Crippen LogP contribution is -2.22. The third-order valence-electron chi connectivity index (χ3n) is 6.44. The first-order valence-corrected chi connectivity index (χ1v) is 10.9. The summed E-state index contributed by atoms with van der Waals surface area (Å²) in [6.07, 6.45) is 6.87. The fourth-order valence-electron chi connectivity index (χ4n) is 5.32. The van der Waals surface area contributed by atoms with Gasteiger partial charge in [0, 0.05) is 32.9 Å². The van der Waals surface area contributed by atoms with Crippen LogP contribution in [0.3, 0.4) is 0 Å². The van der Waals surface area contributed by atoms with E-state index in [4.69, 9.17) is 0 Å². The maximum Gasteiger partial charge on any atom is 0.0741 e. The van der Waals surface area contributed by atoms with E-state index in [9.17, 15) is 0 Å². The van der Waals surface area contributed by atoms with Crippen LogP contribution in [0.1, 0.15) is 38.4 Å². The zero-order valence-electron chi connectivity index (χ0n) is 17.8. The van der Waals surface area contributed by atoms with Crippen molar-refractivity contribution in [3.8, 4) is 5.69 Å². The van der Waals surface area contributed by atoms with Gasteiger partial charge >= 0.3 is 0 Å². The molecule has 0 saturated heterocycles. The summed E-state index contributed by atoms with van der Waals surface area (Å²) in [6, 6.07) is 24.5. The maximum atomic E-state index is 2.53. The van der Waals surface area contributed by atoms with Gasteiger partial charge in [-0.05, 0) is 63.5 Å². The molecule has 0 atom stereocenters. The zero-order valence-corrected chi connectivity index (χ0v) is 17.8. The smallest absolute Gasteiger partial charge is 0.0741 e. The van der Waals surface area contributed by atoms with Crippen LogP contribution in [0.15, 0.2) is 72.8 Å². The summed E-state index contributed by atoms with van der Waals surface area (Å²) in [4.78, 5) is 0. The molecule has 0 aliphatic heterocycles. The molecule has 6 rings (SSSR count). The van der Waals surface area contributed by atoms with Crippen LogP contribution in [0.25, 0.3) is 44.5 Å². The number of benzene rings is 3. The van der Waals surface area contributed by atoms with Crippen molar-refractivity contribution >= 4 is 38.8 Å². The first-order chi connectivity index (χ1) is 14.6. The molecule has 1 aliphatic rings. The van der Waals surface area contributed by atoms with E-state index in [1.807, 2.05) is 0 Å². The van der Waals surface area contributed by atoms with Crippen molar-refractivity contribution in [1.82, 2.24) is 9.13 Å². The quantitative estimate of drug-likeness (QED) is 0.281. The Labute approximate surface area is 177 Å². The predicted octanol–water partition coefficient (Wildman–Crippen LogP) is 7.45. The molecule has 1 aliphatic carbocycles. The van der Waals surface area contributed by atoms with E-state index in [0.29, 0.717) is 0 Å². The fourth-order valence-corrected chi connectivity index (χ4v) is 5.32. The molecule has 5 aromatic rings. The van der Waals surface area contributed by atoms with Crippen LogP contribution in [-0.4, -0.2) is 9.13 Å². The molecule has 2 heterocycles. The van der Waals surface area contributed by atoms with E-state index in [-0.39, 0.29) is 5.54 Å². The predicted molar refractivity (Wildman–Crippen MR) is 129 cm³/mol. The van der Waals surface area contributed by atoms with Gasteiger partial charge < -0.3 is 9.13 Å². The number of hydrogen-bond acceptors (Lipinski definition) is 0. The van der Waals surface area contributed by atoms with E-state index >= 15 is 0 Å². The van der Waals surface area contributed by atoms with Crippen molar-refractivity contribution in [3.63, 3.8) is 0 Å². The highest BCUT2D eigenvalue weighted by Crippen LogP contribution is 2.40.